The summed E-state index contributed by atoms with van der Waals surface area (Å²) < 4.78 is 5.48. The lowest BCUT2D eigenvalue weighted by molar-refractivity contribution is -0.132. The summed E-state index contributed by atoms with van der Waals surface area (Å²) in [6, 6.07) is 5.17. The first-order valence-corrected chi connectivity index (χ1v) is 6.79. The standard InChI is InChI=1S/C14H18Cl2O2/c1-4-18-14(9(2)3)13(17)7-10-5-6-11(15)8-12(10)16/h5-6,8-9,14H,4,7H2,1-3H3. The van der Waals surface area contributed by atoms with Crippen molar-refractivity contribution in [2.24, 2.45) is 5.92 Å². The summed E-state index contributed by atoms with van der Waals surface area (Å²) in [4.78, 5) is 12.2. The number of ether oxygens (including phenoxy) is 1. The van der Waals surface area contributed by atoms with Gasteiger partial charge in [0, 0.05) is 23.1 Å². The van der Waals surface area contributed by atoms with Crippen LogP contribution in [0, 0.1) is 5.92 Å². The molecule has 1 atom stereocenters. The lowest BCUT2D eigenvalue weighted by Gasteiger charge is -2.19. The van der Waals surface area contributed by atoms with E-state index in [4.69, 9.17) is 27.9 Å². The van der Waals surface area contributed by atoms with Gasteiger partial charge in [-0.2, -0.15) is 0 Å². The van der Waals surface area contributed by atoms with E-state index in [1.807, 2.05) is 20.8 Å². The zero-order valence-electron chi connectivity index (χ0n) is 10.9. The fourth-order valence-corrected chi connectivity index (χ4v) is 2.27. The zero-order valence-corrected chi connectivity index (χ0v) is 12.4. The average Bonchev–Trinajstić information content (AvgIpc) is 2.29. The summed E-state index contributed by atoms with van der Waals surface area (Å²) in [6.07, 6.45) is -0.0967. The van der Waals surface area contributed by atoms with Crippen molar-refractivity contribution in [3.63, 3.8) is 0 Å². The maximum atomic E-state index is 12.2. The van der Waals surface area contributed by atoms with Crippen LogP contribution in [-0.2, 0) is 16.0 Å². The fraction of sp³-hybridized carbons (Fsp3) is 0.500. The molecule has 2 nitrogen and oxygen atoms in total. The van der Waals surface area contributed by atoms with Crippen molar-refractivity contribution >= 4 is 29.0 Å². The summed E-state index contributed by atoms with van der Waals surface area (Å²) >= 11 is 11.9. The van der Waals surface area contributed by atoms with Gasteiger partial charge in [0.1, 0.15) is 6.10 Å². The highest BCUT2D eigenvalue weighted by atomic mass is 35.5. The molecule has 0 bridgehead atoms. The summed E-state index contributed by atoms with van der Waals surface area (Å²) in [5.41, 5.74) is 0.788. The van der Waals surface area contributed by atoms with Crippen molar-refractivity contribution in [2.75, 3.05) is 6.61 Å². The van der Waals surface area contributed by atoms with Crippen LogP contribution in [0.2, 0.25) is 10.0 Å². The van der Waals surface area contributed by atoms with E-state index in [0.717, 1.165) is 5.56 Å². The van der Waals surface area contributed by atoms with E-state index in [-0.39, 0.29) is 24.2 Å². The largest absolute Gasteiger partial charge is 0.370 e. The molecule has 100 valence electrons. The third kappa shape index (κ3) is 4.27. The van der Waals surface area contributed by atoms with Crippen molar-refractivity contribution in [3.05, 3.63) is 33.8 Å². The first-order chi connectivity index (χ1) is 8.45. The number of Topliss-reactive ketones (excluding diaryl/α,β-unsaturated/α-hetero) is 1. The maximum Gasteiger partial charge on any atom is 0.166 e. The number of halogens is 2. The fourth-order valence-electron chi connectivity index (χ4n) is 1.79. The van der Waals surface area contributed by atoms with Crippen LogP contribution in [0.4, 0.5) is 0 Å². The van der Waals surface area contributed by atoms with E-state index in [0.29, 0.717) is 16.7 Å². The third-order valence-corrected chi connectivity index (χ3v) is 3.24. The number of ketones is 1. The molecule has 1 aromatic rings. The quantitative estimate of drug-likeness (QED) is 0.785. The summed E-state index contributed by atoms with van der Waals surface area (Å²) in [6.45, 7) is 6.37. The smallest absolute Gasteiger partial charge is 0.166 e. The molecule has 1 aromatic carbocycles. The Kier molecular flexibility index (Phi) is 6.13. The Morgan fingerprint density at radius 2 is 2.00 bits per heavy atom. The number of hydrogen-bond acceptors (Lipinski definition) is 2. The number of hydrogen-bond donors (Lipinski definition) is 0. The van der Waals surface area contributed by atoms with Gasteiger partial charge in [-0.05, 0) is 30.5 Å². The number of carbonyl (C=O) groups excluding carboxylic acids is 1. The number of carbonyl (C=O) groups is 1. The minimum Gasteiger partial charge on any atom is -0.370 e. The van der Waals surface area contributed by atoms with E-state index in [1.54, 1.807) is 18.2 Å². The first-order valence-electron chi connectivity index (χ1n) is 6.04. The molecule has 0 radical (unpaired) electrons. The van der Waals surface area contributed by atoms with E-state index in [2.05, 4.69) is 0 Å². The molecule has 18 heavy (non-hydrogen) atoms. The Morgan fingerprint density at radius 1 is 1.33 bits per heavy atom. The van der Waals surface area contributed by atoms with Crippen LogP contribution in [0.1, 0.15) is 26.3 Å². The van der Waals surface area contributed by atoms with Gasteiger partial charge in [0.2, 0.25) is 0 Å². The monoisotopic (exact) mass is 288 g/mol. The van der Waals surface area contributed by atoms with Crippen LogP contribution in [-0.4, -0.2) is 18.5 Å². The molecule has 4 heteroatoms. The Bertz CT molecular complexity index is 416. The van der Waals surface area contributed by atoms with Gasteiger partial charge in [-0.25, -0.2) is 0 Å². The molecule has 0 aromatic heterocycles. The van der Waals surface area contributed by atoms with Crippen LogP contribution in [0.15, 0.2) is 18.2 Å². The lowest BCUT2D eigenvalue weighted by Crippen LogP contribution is -2.31. The second-order valence-electron chi connectivity index (χ2n) is 4.50. The zero-order chi connectivity index (χ0) is 13.7. The Morgan fingerprint density at radius 3 is 2.50 bits per heavy atom. The van der Waals surface area contributed by atoms with Crippen molar-refractivity contribution in [2.45, 2.75) is 33.3 Å². The molecular formula is C14H18Cl2O2. The summed E-state index contributed by atoms with van der Waals surface area (Å²) in [5, 5.41) is 1.09. The second-order valence-corrected chi connectivity index (χ2v) is 5.34. The number of benzene rings is 1. The lowest BCUT2D eigenvalue weighted by atomic mass is 9.98. The van der Waals surface area contributed by atoms with Crippen LogP contribution < -0.4 is 0 Å². The molecule has 0 aliphatic carbocycles. The molecule has 0 spiro atoms. The highest BCUT2D eigenvalue weighted by molar-refractivity contribution is 6.35. The van der Waals surface area contributed by atoms with Gasteiger partial charge < -0.3 is 4.74 Å². The van der Waals surface area contributed by atoms with Gasteiger partial charge >= 0.3 is 0 Å². The van der Waals surface area contributed by atoms with Crippen LogP contribution >= 0.6 is 23.2 Å². The van der Waals surface area contributed by atoms with Gasteiger partial charge in [-0.15, -0.1) is 0 Å². The molecule has 0 amide bonds. The summed E-state index contributed by atoms with van der Waals surface area (Å²) in [5.74, 6) is 0.208. The molecule has 0 aliphatic rings. The van der Waals surface area contributed by atoms with Crippen LogP contribution in [0.25, 0.3) is 0 Å². The van der Waals surface area contributed by atoms with E-state index < -0.39 is 0 Å². The predicted octanol–water partition coefficient (Wildman–Crippen LogP) is 4.17. The first kappa shape index (κ1) is 15.5. The number of rotatable bonds is 6. The van der Waals surface area contributed by atoms with Gasteiger partial charge in [0.25, 0.3) is 0 Å². The molecule has 0 N–H and O–H groups in total. The average molecular weight is 289 g/mol. The Balaban J connectivity index is 2.79. The van der Waals surface area contributed by atoms with Gasteiger partial charge in [-0.3, -0.25) is 4.79 Å². The Labute approximate surface area is 118 Å². The van der Waals surface area contributed by atoms with Crippen molar-refractivity contribution in [1.82, 2.24) is 0 Å². The maximum absolute atomic E-state index is 12.2. The van der Waals surface area contributed by atoms with E-state index in [9.17, 15) is 4.79 Å². The van der Waals surface area contributed by atoms with E-state index in [1.165, 1.54) is 0 Å². The molecule has 0 fully saturated rings. The van der Waals surface area contributed by atoms with E-state index >= 15 is 0 Å². The minimum atomic E-state index is -0.373. The molecule has 1 unspecified atom stereocenters. The third-order valence-electron chi connectivity index (χ3n) is 2.65. The minimum absolute atomic E-state index is 0.0519. The van der Waals surface area contributed by atoms with Gasteiger partial charge in [-0.1, -0.05) is 43.1 Å². The summed E-state index contributed by atoms with van der Waals surface area (Å²) in [7, 11) is 0. The molecule has 0 heterocycles. The normalized spacial score (nSPS) is 12.8. The van der Waals surface area contributed by atoms with Gasteiger partial charge in [0.05, 0.1) is 0 Å². The molecule has 0 aliphatic heterocycles. The molecular weight excluding hydrogens is 271 g/mol. The molecule has 0 saturated carbocycles. The van der Waals surface area contributed by atoms with Crippen molar-refractivity contribution in [1.29, 1.82) is 0 Å². The SMILES string of the molecule is CCOC(C(=O)Cc1ccc(Cl)cc1Cl)C(C)C. The highest BCUT2D eigenvalue weighted by Gasteiger charge is 2.23. The molecule has 1 rings (SSSR count). The highest BCUT2D eigenvalue weighted by Crippen LogP contribution is 2.22. The van der Waals surface area contributed by atoms with Gasteiger partial charge in [0.15, 0.2) is 5.78 Å². The van der Waals surface area contributed by atoms with Crippen molar-refractivity contribution in [3.8, 4) is 0 Å². The van der Waals surface area contributed by atoms with Crippen LogP contribution in [0.5, 0.6) is 0 Å². The molecule has 0 saturated heterocycles. The van der Waals surface area contributed by atoms with Crippen LogP contribution in [0.3, 0.4) is 0 Å². The topological polar surface area (TPSA) is 26.3 Å². The predicted molar refractivity (Wildman–Crippen MR) is 75.4 cm³/mol. The Hall–Kier alpha value is -0.570. The van der Waals surface area contributed by atoms with Crippen molar-refractivity contribution < 1.29 is 9.53 Å². The second kappa shape index (κ2) is 7.13.